The molecule has 1 aromatic rings. The Morgan fingerprint density at radius 2 is 2.20 bits per heavy atom. The van der Waals surface area contributed by atoms with E-state index in [1.54, 1.807) is 12.1 Å². The highest BCUT2D eigenvalue weighted by Gasteiger charge is 2.30. The minimum Gasteiger partial charge on any atom is -0.497 e. The topological polar surface area (TPSA) is 95.9 Å². The van der Waals surface area contributed by atoms with Crippen LogP contribution >= 0.6 is 0 Å². The van der Waals surface area contributed by atoms with E-state index < -0.39 is 15.9 Å². The smallest absolute Gasteiger partial charge is 0.271 e. The Morgan fingerprint density at radius 3 is 2.85 bits per heavy atom. The summed E-state index contributed by atoms with van der Waals surface area (Å²) in [5, 5.41) is 8.54. The van der Waals surface area contributed by atoms with Crippen molar-refractivity contribution >= 4 is 15.9 Å². The van der Waals surface area contributed by atoms with E-state index in [2.05, 4.69) is 0 Å². The molecule has 0 atom stereocenters. The fourth-order valence-electron chi connectivity index (χ4n) is 1.86. The molecule has 1 heterocycles. The third kappa shape index (κ3) is 2.67. The van der Waals surface area contributed by atoms with Crippen LogP contribution in [-0.2, 0) is 14.8 Å². The summed E-state index contributed by atoms with van der Waals surface area (Å²) < 4.78 is 30.9. The van der Waals surface area contributed by atoms with Gasteiger partial charge in [0.1, 0.15) is 5.75 Å². The highest BCUT2D eigenvalue weighted by molar-refractivity contribution is 7.89. The number of hydrogen-bond acceptors (Lipinski definition) is 5. The van der Waals surface area contributed by atoms with Crippen LogP contribution in [0.15, 0.2) is 40.8 Å². The van der Waals surface area contributed by atoms with Crippen LogP contribution in [0.1, 0.15) is 0 Å². The SMILES string of the molecule is COc1cccc(S(=O)(=O)N2CC=C(C(=O)NO)C2)c1. The van der Waals surface area contributed by atoms with Crippen LogP contribution in [0.4, 0.5) is 0 Å². The molecular formula is C12H14N2O5S. The summed E-state index contributed by atoms with van der Waals surface area (Å²) in [6.07, 6.45) is 1.46. The fourth-order valence-corrected chi connectivity index (χ4v) is 3.25. The Kier molecular flexibility index (Phi) is 4.07. The molecule has 0 radical (unpaired) electrons. The summed E-state index contributed by atoms with van der Waals surface area (Å²) >= 11 is 0. The Bertz CT molecular complexity index is 654. The second kappa shape index (κ2) is 5.61. The molecule has 20 heavy (non-hydrogen) atoms. The summed E-state index contributed by atoms with van der Waals surface area (Å²) in [5.74, 6) is -0.264. The van der Waals surface area contributed by atoms with Crippen molar-refractivity contribution in [3.8, 4) is 5.75 Å². The average Bonchev–Trinajstić information content (AvgIpc) is 2.97. The Morgan fingerprint density at radius 1 is 1.45 bits per heavy atom. The molecule has 0 aliphatic carbocycles. The molecule has 0 aromatic heterocycles. The zero-order valence-corrected chi connectivity index (χ0v) is 11.6. The number of nitrogens with zero attached hydrogens (tertiary/aromatic N) is 1. The number of carbonyl (C=O) groups is 1. The van der Waals surface area contributed by atoms with E-state index in [-0.39, 0.29) is 23.6 Å². The van der Waals surface area contributed by atoms with Gasteiger partial charge >= 0.3 is 0 Å². The highest BCUT2D eigenvalue weighted by Crippen LogP contribution is 2.23. The second-order valence-electron chi connectivity index (χ2n) is 4.15. The van der Waals surface area contributed by atoms with Crippen molar-refractivity contribution in [2.45, 2.75) is 4.90 Å². The van der Waals surface area contributed by atoms with Gasteiger partial charge in [-0.1, -0.05) is 12.1 Å². The minimum atomic E-state index is -3.71. The van der Waals surface area contributed by atoms with Gasteiger partial charge in [-0.2, -0.15) is 4.31 Å². The molecule has 0 spiro atoms. The lowest BCUT2D eigenvalue weighted by Crippen LogP contribution is -2.31. The first kappa shape index (κ1) is 14.5. The van der Waals surface area contributed by atoms with Gasteiger partial charge < -0.3 is 4.74 Å². The number of rotatable bonds is 4. The molecule has 1 aliphatic rings. The third-order valence-corrected chi connectivity index (χ3v) is 4.77. The lowest BCUT2D eigenvalue weighted by Gasteiger charge is -2.16. The molecule has 0 saturated carbocycles. The van der Waals surface area contributed by atoms with Gasteiger partial charge in [0.05, 0.1) is 12.0 Å². The van der Waals surface area contributed by atoms with Crippen LogP contribution in [0, 0.1) is 0 Å². The molecule has 1 aliphatic heterocycles. The zero-order valence-electron chi connectivity index (χ0n) is 10.7. The van der Waals surface area contributed by atoms with Crippen LogP contribution in [0.5, 0.6) is 5.75 Å². The predicted molar refractivity (Wildman–Crippen MR) is 69.8 cm³/mol. The summed E-state index contributed by atoms with van der Waals surface area (Å²) in [5.41, 5.74) is 1.70. The highest BCUT2D eigenvalue weighted by atomic mass is 32.2. The van der Waals surface area contributed by atoms with E-state index in [1.165, 1.54) is 30.8 Å². The average molecular weight is 298 g/mol. The summed E-state index contributed by atoms with van der Waals surface area (Å²) in [7, 11) is -2.26. The van der Waals surface area contributed by atoms with E-state index in [9.17, 15) is 13.2 Å². The summed E-state index contributed by atoms with van der Waals surface area (Å²) in [6.45, 7) is 0.00817. The van der Waals surface area contributed by atoms with Crippen molar-refractivity contribution in [1.29, 1.82) is 0 Å². The molecule has 2 N–H and O–H groups in total. The van der Waals surface area contributed by atoms with Crippen molar-refractivity contribution in [2.24, 2.45) is 0 Å². The third-order valence-electron chi connectivity index (χ3n) is 2.96. The molecular weight excluding hydrogens is 284 g/mol. The van der Waals surface area contributed by atoms with E-state index in [0.29, 0.717) is 5.75 Å². The van der Waals surface area contributed by atoms with Crippen molar-refractivity contribution in [1.82, 2.24) is 9.79 Å². The quantitative estimate of drug-likeness (QED) is 0.608. The molecule has 1 aromatic carbocycles. The Labute approximate surface area is 116 Å². The van der Waals surface area contributed by atoms with Gasteiger partial charge in [-0.05, 0) is 12.1 Å². The van der Waals surface area contributed by atoms with Crippen LogP contribution in [0.2, 0.25) is 0 Å². The van der Waals surface area contributed by atoms with Gasteiger partial charge in [0.2, 0.25) is 10.0 Å². The van der Waals surface area contributed by atoms with E-state index in [4.69, 9.17) is 9.94 Å². The summed E-state index contributed by atoms with van der Waals surface area (Å²) in [4.78, 5) is 11.3. The van der Waals surface area contributed by atoms with Gasteiger partial charge in [-0.15, -0.1) is 0 Å². The number of methoxy groups -OCH3 is 1. The molecule has 1 amide bonds. The number of hydroxylamine groups is 1. The van der Waals surface area contributed by atoms with Crippen LogP contribution in [-0.4, -0.2) is 44.0 Å². The number of ether oxygens (including phenoxy) is 1. The maximum Gasteiger partial charge on any atom is 0.271 e. The van der Waals surface area contributed by atoms with E-state index >= 15 is 0 Å². The first-order chi connectivity index (χ1) is 9.48. The normalized spacial score (nSPS) is 15.8. The Hall–Kier alpha value is -1.90. The second-order valence-corrected chi connectivity index (χ2v) is 6.08. The maximum atomic E-state index is 12.4. The largest absolute Gasteiger partial charge is 0.497 e. The van der Waals surface area contributed by atoms with Crippen molar-refractivity contribution in [2.75, 3.05) is 20.2 Å². The molecule has 0 bridgehead atoms. The van der Waals surface area contributed by atoms with Crippen LogP contribution < -0.4 is 10.2 Å². The molecule has 0 saturated heterocycles. The summed E-state index contributed by atoms with van der Waals surface area (Å²) in [6, 6.07) is 6.10. The van der Waals surface area contributed by atoms with Crippen molar-refractivity contribution in [3.05, 3.63) is 35.9 Å². The number of nitrogens with one attached hydrogen (secondary N) is 1. The van der Waals surface area contributed by atoms with Gasteiger partial charge in [0.15, 0.2) is 0 Å². The van der Waals surface area contributed by atoms with Crippen LogP contribution in [0.25, 0.3) is 0 Å². The fraction of sp³-hybridized carbons (Fsp3) is 0.250. The monoisotopic (exact) mass is 298 g/mol. The van der Waals surface area contributed by atoms with Gasteiger partial charge in [0.25, 0.3) is 5.91 Å². The first-order valence-corrected chi connectivity index (χ1v) is 7.20. The number of carbonyl (C=O) groups excluding carboxylic acids is 1. The lowest BCUT2D eigenvalue weighted by molar-refractivity contribution is -0.125. The van der Waals surface area contributed by atoms with Crippen molar-refractivity contribution in [3.63, 3.8) is 0 Å². The number of hydrogen-bond donors (Lipinski definition) is 2. The van der Waals surface area contributed by atoms with Gasteiger partial charge in [0, 0.05) is 24.7 Å². The molecule has 0 unspecified atom stereocenters. The molecule has 7 nitrogen and oxygen atoms in total. The molecule has 2 rings (SSSR count). The van der Waals surface area contributed by atoms with Crippen molar-refractivity contribution < 1.29 is 23.2 Å². The zero-order chi connectivity index (χ0) is 14.8. The van der Waals surface area contributed by atoms with Gasteiger partial charge in [-0.25, -0.2) is 13.9 Å². The number of benzene rings is 1. The standard InChI is InChI=1S/C12H14N2O5S/c1-19-10-3-2-4-11(7-10)20(17,18)14-6-5-9(8-14)12(15)13-16/h2-5,7,16H,6,8H2,1H3,(H,13,15). The predicted octanol–water partition coefficient (Wildman–Crippen LogP) is 0.131. The lowest BCUT2D eigenvalue weighted by atomic mass is 10.3. The Balaban J connectivity index is 2.23. The van der Waals surface area contributed by atoms with Crippen LogP contribution in [0.3, 0.4) is 0 Å². The van der Waals surface area contributed by atoms with E-state index in [1.807, 2.05) is 0 Å². The van der Waals surface area contributed by atoms with E-state index in [0.717, 1.165) is 4.31 Å². The molecule has 0 fully saturated rings. The number of amides is 1. The molecule has 108 valence electrons. The van der Waals surface area contributed by atoms with Gasteiger partial charge in [-0.3, -0.25) is 10.0 Å². The minimum absolute atomic E-state index is 0.0774. The maximum absolute atomic E-state index is 12.4. The first-order valence-electron chi connectivity index (χ1n) is 5.76. The molecule has 8 heteroatoms. The number of sulfonamides is 1.